The number of hydrogen-bond acceptors (Lipinski definition) is 6. The number of nitrogens with zero attached hydrogens (tertiary/aromatic N) is 4. The Labute approximate surface area is 195 Å². The third kappa shape index (κ3) is 6.06. The van der Waals surface area contributed by atoms with Crippen molar-refractivity contribution in [2.75, 3.05) is 32.7 Å². The second kappa shape index (κ2) is 10.7. The molecule has 0 aliphatic carbocycles. The van der Waals surface area contributed by atoms with Crippen LogP contribution in [0.1, 0.15) is 36.8 Å². The maximum Gasteiger partial charge on any atom is 0.241 e. The van der Waals surface area contributed by atoms with Crippen LogP contribution in [0.5, 0.6) is 0 Å². The monoisotopic (exact) mass is 447 g/mol. The second-order valence-corrected chi connectivity index (χ2v) is 8.92. The number of rotatable bonds is 8. The summed E-state index contributed by atoms with van der Waals surface area (Å²) >= 11 is 0. The molecule has 1 fully saturated rings. The highest BCUT2D eigenvalue weighted by Gasteiger charge is 2.26. The predicted octanol–water partition coefficient (Wildman–Crippen LogP) is 3.47. The Morgan fingerprint density at radius 3 is 2.42 bits per heavy atom. The zero-order chi connectivity index (χ0) is 23.2. The van der Waals surface area contributed by atoms with Crippen LogP contribution in [0.2, 0.25) is 0 Å². The first-order valence-electron chi connectivity index (χ1n) is 11.7. The fourth-order valence-corrected chi connectivity index (χ4v) is 4.11. The van der Waals surface area contributed by atoms with E-state index in [1.807, 2.05) is 49.4 Å². The topological polar surface area (TPSA) is 74.5 Å². The van der Waals surface area contributed by atoms with Gasteiger partial charge < -0.3 is 9.84 Å². The summed E-state index contributed by atoms with van der Waals surface area (Å²) in [6.45, 7) is 10.9. The van der Waals surface area contributed by atoms with Gasteiger partial charge in [-0.2, -0.15) is 4.98 Å². The first kappa shape index (κ1) is 23.1. The normalized spacial score (nSPS) is 16.9. The largest absolute Gasteiger partial charge is 0.354 e. The van der Waals surface area contributed by atoms with Gasteiger partial charge in [-0.1, -0.05) is 72.2 Å². The van der Waals surface area contributed by atoms with Gasteiger partial charge >= 0.3 is 0 Å². The minimum absolute atomic E-state index is 0.0888. The molecule has 174 valence electrons. The summed E-state index contributed by atoms with van der Waals surface area (Å²) in [5.41, 5.74) is 3.40. The quantitative estimate of drug-likeness (QED) is 0.570. The molecule has 4 rings (SSSR count). The molecular weight excluding hydrogens is 414 g/mol. The van der Waals surface area contributed by atoms with Crippen LogP contribution < -0.4 is 5.32 Å². The van der Waals surface area contributed by atoms with E-state index in [2.05, 4.69) is 51.2 Å². The van der Waals surface area contributed by atoms with Crippen LogP contribution in [0, 0.1) is 6.92 Å². The van der Waals surface area contributed by atoms with E-state index in [-0.39, 0.29) is 11.9 Å². The molecule has 1 saturated heterocycles. The van der Waals surface area contributed by atoms with Gasteiger partial charge in [0.25, 0.3) is 0 Å². The first-order chi connectivity index (χ1) is 16.0. The van der Waals surface area contributed by atoms with Crippen molar-refractivity contribution in [1.29, 1.82) is 0 Å². The van der Waals surface area contributed by atoms with Crippen molar-refractivity contribution >= 4 is 5.91 Å². The predicted molar refractivity (Wildman–Crippen MR) is 129 cm³/mol. The van der Waals surface area contributed by atoms with Crippen LogP contribution in [0.25, 0.3) is 11.4 Å². The van der Waals surface area contributed by atoms with E-state index in [9.17, 15) is 4.79 Å². The summed E-state index contributed by atoms with van der Waals surface area (Å²) in [6.07, 6.45) is 0. The van der Waals surface area contributed by atoms with Crippen molar-refractivity contribution in [3.05, 3.63) is 71.6 Å². The van der Waals surface area contributed by atoms with Crippen molar-refractivity contribution in [2.45, 2.75) is 39.3 Å². The molecule has 0 spiro atoms. The summed E-state index contributed by atoms with van der Waals surface area (Å²) in [7, 11) is 0. The van der Waals surface area contributed by atoms with Crippen LogP contribution in [0.4, 0.5) is 0 Å². The molecule has 1 aliphatic rings. The maximum atomic E-state index is 12.7. The Bertz CT molecular complexity index is 1030. The van der Waals surface area contributed by atoms with E-state index in [1.165, 1.54) is 11.1 Å². The lowest BCUT2D eigenvalue weighted by atomic mass is 10.0. The van der Waals surface area contributed by atoms with E-state index >= 15 is 0 Å². The Kier molecular flexibility index (Phi) is 7.52. The maximum absolute atomic E-state index is 12.7. The van der Waals surface area contributed by atoms with Gasteiger partial charge in [-0.25, -0.2) is 0 Å². The Balaban J connectivity index is 1.22. The molecule has 1 aliphatic heterocycles. The molecule has 0 radical (unpaired) electrons. The highest BCUT2D eigenvalue weighted by Crippen LogP contribution is 2.18. The van der Waals surface area contributed by atoms with Crippen LogP contribution in [-0.4, -0.2) is 64.6 Å². The second-order valence-electron chi connectivity index (χ2n) is 8.92. The van der Waals surface area contributed by atoms with Crippen molar-refractivity contribution in [1.82, 2.24) is 25.3 Å². The average Bonchev–Trinajstić information content (AvgIpc) is 3.31. The fourth-order valence-electron chi connectivity index (χ4n) is 4.11. The summed E-state index contributed by atoms with van der Waals surface area (Å²) < 4.78 is 5.47. The number of aryl methyl sites for hydroxylation is 1. The summed E-state index contributed by atoms with van der Waals surface area (Å²) in [6, 6.07) is 18.3. The zero-order valence-corrected chi connectivity index (χ0v) is 19.7. The van der Waals surface area contributed by atoms with Gasteiger partial charge in [-0.15, -0.1) is 0 Å². The van der Waals surface area contributed by atoms with E-state index in [1.54, 1.807) is 0 Å². The number of amides is 1. The number of hydrogen-bond donors (Lipinski definition) is 1. The molecule has 33 heavy (non-hydrogen) atoms. The SMILES string of the molecule is Cc1ccc(-c2noc(CN3CCN([C@H](C)C(=O)NC[C@H](C)c4ccccc4)CC3)n2)cc1. The lowest BCUT2D eigenvalue weighted by molar-refractivity contribution is -0.126. The highest BCUT2D eigenvalue weighted by molar-refractivity contribution is 5.81. The van der Waals surface area contributed by atoms with Crippen LogP contribution in [0.15, 0.2) is 59.1 Å². The number of piperazine rings is 1. The molecule has 2 aromatic carbocycles. The number of benzene rings is 2. The number of carbonyl (C=O) groups excluding carboxylic acids is 1. The summed E-state index contributed by atoms with van der Waals surface area (Å²) in [4.78, 5) is 21.8. The lowest BCUT2D eigenvalue weighted by Gasteiger charge is -2.36. The van der Waals surface area contributed by atoms with Crippen molar-refractivity contribution in [3.8, 4) is 11.4 Å². The molecular formula is C26H33N5O2. The smallest absolute Gasteiger partial charge is 0.241 e. The van der Waals surface area contributed by atoms with E-state index in [4.69, 9.17) is 4.52 Å². The molecule has 1 amide bonds. The molecule has 7 nitrogen and oxygen atoms in total. The minimum atomic E-state index is -0.147. The fraction of sp³-hybridized carbons (Fsp3) is 0.423. The van der Waals surface area contributed by atoms with Gasteiger partial charge in [-0.3, -0.25) is 14.6 Å². The van der Waals surface area contributed by atoms with Gasteiger partial charge in [0.2, 0.25) is 17.6 Å². The molecule has 1 aromatic heterocycles. The molecule has 7 heteroatoms. The van der Waals surface area contributed by atoms with Gasteiger partial charge in [0.05, 0.1) is 12.6 Å². The molecule has 0 bridgehead atoms. The first-order valence-corrected chi connectivity index (χ1v) is 11.7. The Morgan fingerprint density at radius 1 is 1.03 bits per heavy atom. The van der Waals surface area contributed by atoms with Crippen molar-refractivity contribution in [3.63, 3.8) is 0 Å². The van der Waals surface area contributed by atoms with Gasteiger partial charge in [0, 0.05) is 38.3 Å². The van der Waals surface area contributed by atoms with Crippen molar-refractivity contribution < 1.29 is 9.32 Å². The van der Waals surface area contributed by atoms with Crippen molar-refractivity contribution in [2.24, 2.45) is 0 Å². The number of aromatic nitrogens is 2. The number of carbonyl (C=O) groups is 1. The molecule has 2 heterocycles. The molecule has 2 atom stereocenters. The lowest BCUT2D eigenvalue weighted by Crippen LogP contribution is -2.53. The molecule has 3 aromatic rings. The van der Waals surface area contributed by atoms with Gasteiger partial charge in [0.15, 0.2) is 0 Å². The summed E-state index contributed by atoms with van der Waals surface area (Å²) in [5, 5.41) is 7.25. The number of nitrogens with one attached hydrogen (secondary N) is 1. The third-order valence-corrected chi connectivity index (χ3v) is 6.42. The highest BCUT2D eigenvalue weighted by atomic mass is 16.5. The Hall–Kier alpha value is -3.03. The van der Waals surface area contributed by atoms with Gasteiger partial charge in [0.1, 0.15) is 0 Å². The average molecular weight is 448 g/mol. The van der Waals surface area contributed by atoms with Crippen LogP contribution in [-0.2, 0) is 11.3 Å². The van der Waals surface area contributed by atoms with Crippen LogP contribution in [0.3, 0.4) is 0 Å². The van der Waals surface area contributed by atoms with Crippen LogP contribution >= 0.6 is 0 Å². The van der Waals surface area contributed by atoms with E-state index in [0.29, 0.717) is 30.7 Å². The zero-order valence-electron chi connectivity index (χ0n) is 19.7. The van der Waals surface area contributed by atoms with E-state index < -0.39 is 0 Å². The summed E-state index contributed by atoms with van der Waals surface area (Å²) in [5.74, 6) is 1.63. The van der Waals surface area contributed by atoms with E-state index in [0.717, 1.165) is 31.7 Å². The Morgan fingerprint density at radius 2 is 1.73 bits per heavy atom. The minimum Gasteiger partial charge on any atom is -0.354 e. The third-order valence-electron chi connectivity index (χ3n) is 6.42. The van der Waals surface area contributed by atoms with Gasteiger partial charge in [-0.05, 0) is 25.3 Å². The molecule has 0 saturated carbocycles. The molecule has 1 N–H and O–H groups in total. The molecule has 0 unspecified atom stereocenters. The standard InChI is InChI=1S/C26H33N5O2/c1-19-9-11-23(12-10-19)25-28-24(33-29-25)18-30-13-15-31(16-14-30)21(3)26(32)27-17-20(2)22-7-5-4-6-8-22/h4-12,20-21H,13-18H2,1-3H3,(H,27,32)/t20-,21+/m0/s1.